The van der Waals surface area contributed by atoms with Crippen LogP contribution in [0.4, 0.5) is 4.79 Å². The first-order valence-corrected chi connectivity index (χ1v) is 6.45. The Balaban J connectivity index is 1.62. The molecule has 0 aliphatic carbocycles. The van der Waals surface area contributed by atoms with Crippen molar-refractivity contribution in [2.45, 2.75) is 6.04 Å². The number of thioether (sulfide) groups is 1. The van der Waals surface area contributed by atoms with E-state index in [1.807, 2.05) is 0 Å². The van der Waals surface area contributed by atoms with Crippen LogP contribution >= 0.6 is 11.8 Å². The van der Waals surface area contributed by atoms with Crippen molar-refractivity contribution in [2.75, 3.05) is 18.8 Å². The quantitative estimate of drug-likeness (QED) is 0.791. The summed E-state index contributed by atoms with van der Waals surface area (Å²) in [6.07, 6.45) is 2.83. The molecule has 0 N–H and O–H groups in total. The number of furan rings is 1. The van der Waals surface area contributed by atoms with E-state index in [1.54, 1.807) is 11.0 Å². The molecule has 6 nitrogen and oxygen atoms in total. The number of nitrogens with zero attached hydrogens (tertiary/aromatic N) is 2. The lowest BCUT2D eigenvalue weighted by Crippen LogP contribution is -2.62. The number of rotatable bonds is 2. The van der Waals surface area contributed by atoms with Crippen LogP contribution in [0.3, 0.4) is 0 Å². The molecule has 3 amide bonds. The van der Waals surface area contributed by atoms with Crippen LogP contribution in [0, 0.1) is 0 Å². The Morgan fingerprint density at radius 1 is 1.39 bits per heavy atom. The molecule has 2 aliphatic heterocycles. The van der Waals surface area contributed by atoms with E-state index < -0.39 is 0 Å². The molecular formula is C11H10N2O4S. The predicted molar refractivity (Wildman–Crippen MR) is 63.1 cm³/mol. The lowest BCUT2D eigenvalue weighted by molar-refractivity contribution is -0.128. The Labute approximate surface area is 107 Å². The zero-order valence-electron chi connectivity index (χ0n) is 9.37. The van der Waals surface area contributed by atoms with Crippen LogP contribution in [0.1, 0.15) is 10.4 Å². The number of hydrogen-bond acceptors (Lipinski definition) is 5. The smallest absolute Gasteiger partial charge is 0.289 e. The molecule has 1 aromatic heterocycles. The average molecular weight is 266 g/mol. The third-order valence-electron chi connectivity index (χ3n) is 3.07. The Kier molecular flexibility index (Phi) is 2.62. The third-order valence-corrected chi connectivity index (χ3v) is 3.90. The summed E-state index contributed by atoms with van der Waals surface area (Å²) in [7, 11) is 0. The second-order valence-electron chi connectivity index (χ2n) is 4.19. The van der Waals surface area contributed by atoms with Gasteiger partial charge in [0.2, 0.25) is 5.91 Å². The van der Waals surface area contributed by atoms with Gasteiger partial charge in [0.05, 0.1) is 23.6 Å². The Morgan fingerprint density at radius 2 is 2.17 bits per heavy atom. The zero-order valence-corrected chi connectivity index (χ0v) is 10.2. The minimum atomic E-state index is -0.208. The second kappa shape index (κ2) is 4.16. The summed E-state index contributed by atoms with van der Waals surface area (Å²) < 4.78 is 4.85. The molecule has 2 aliphatic rings. The highest BCUT2D eigenvalue weighted by atomic mass is 32.2. The molecule has 94 valence electrons. The first-order valence-electron chi connectivity index (χ1n) is 5.47. The van der Waals surface area contributed by atoms with Crippen molar-refractivity contribution in [1.29, 1.82) is 0 Å². The maximum absolute atomic E-state index is 11.9. The first kappa shape index (κ1) is 11.3. The molecule has 3 heterocycles. The van der Waals surface area contributed by atoms with Gasteiger partial charge in [-0.2, -0.15) is 0 Å². The molecule has 2 saturated heterocycles. The van der Waals surface area contributed by atoms with Gasteiger partial charge in [0.1, 0.15) is 6.26 Å². The maximum Gasteiger partial charge on any atom is 0.289 e. The standard InChI is InChI=1S/C11H10N2O4S/c14-9-6-18-11(16)13(9)8-3-12(4-8)10(15)7-1-2-17-5-7/h1-2,5,8H,3-4,6H2. The fourth-order valence-corrected chi connectivity index (χ4v) is 2.85. The fourth-order valence-electron chi connectivity index (χ4n) is 2.07. The molecule has 0 unspecified atom stereocenters. The highest BCUT2D eigenvalue weighted by Gasteiger charge is 2.43. The summed E-state index contributed by atoms with van der Waals surface area (Å²) in [4.78, 5) is 37.7. The highest BCUT2D eigenvalue weighted by Crippen LogP contribution is 2.26. The molecule has 2 fully saturated rings. The number of carbonyl (C=O) groups excluding carboxylic acids is 3. The molecule has 0 spiro atoms. The monoisotopic (exact) mass is 266 g/mol. The van der Waals surface area contributed by atoms with Gasteiger partial charge in [0, 0.05) is 13.1 Å². The van der Waals surface area contributed by atoms with Crippen molar-refractivity contribution in [3.63, 3.8) is 0 Å². The van der Waals surface area contributed by atoms with E-state index in [4.69, 9.17) is 4.42 Å². The largest absolute Gasteiger partial charge is 0.472 e. The molecule has 0 aromatic carbocycles. The van der Waals surface area contributed by atoms with Crippen molar-refractivity contribution in [3.8, 4) is 0 Å². The number of imide groups is 1. The lowest BCUT2D eigenvalue weighted by atomic mass is 10.1. The Bertz CT molecular complexity index is 491. The van der Waals surface area contributed by atoms with Crippen LogP contribution in [-0.2, 0) is 4.79 Å². The minimum Gasteiger partial charge on any atom is -0.472 e. The van der Waals surface area contributed by atoms with Crippen LogP contribution in [0.5, 0.6) is 0 Å². The van der Waals surface area contributed by atoms with Gasteiger partial charge in [-0.3, -0.25) is 19.3 Å². The van der Waals surface area contributed by atoms with Crippen molar-refractivity contribution in [3.05, 3.63) is 24.2 Å². The SMILES string of the molecule is O=C(c1ccoc1)N1CC(N2C(=O)CSC2=O)C1. The minimum absolute atomic E-state index is 0.133. The summed E-state index contributed by atoms with van der Waals surface area (Å²) in [6, 6.07) is 1.42. The van der Waals surface area contributed by atoms with E-state index in [2.05, 4.69) is 0 Å². The fraction of sp³-hybridized carbons (Fsp3) is 0.364. The number of carbonyl (C=O) groups is 3. The van der Waals surface area contributed by atoms with E-state index in [9.17, 15) is 14.4 Å². The van der Waals surface area contributed by atoms with Crippen LogP contribution in [-0.4, -0.2) is 51.7 Å². The van der Waals surface area contributed by atoms with E-state index in [-0.39, 0.29) is 28.8 Å². The second-order valence-corrected chi connectivity index (χ2v) is 5.12. The first-order chi connectivity index (χ1) is 8.66. The van der Waals surface area contributed by atoms with Crippen molar-refractivity contribution in [2.24, 2.45) is 0 Å². The van der Waals surface area contributed by atoms with E-state index in [0.29, 0.717) is 18.7 Å². The number of amides is 3. The van der Waals surface area contributed by atoms with Crippen LogP contribution in [0.25, 0.3) is 0 Å². The van der Waals surface area contributed by atoms with Gasteiger partial charge in [0.15, 0.2) is 0 Å². The molecule has 0 atom stereocenters. The summed E-state index contributed by atoms with van der Waals surface area (Å²) >= 11 is 1.02. The molecule has 18 heavy (non-hydrogen) atoms. The molecule has 7 heteroatoms. The normalized spacial score (nSPS) is 20.4. The van der Waals surface area contributed by atoms with Crippen LogP contribution < -0.4 is 0 Å². The maximum atomic E-state index is 11.9. The van der Waals surface area contributed by atoms with Crippen molar-refractivity contribution in [1.82, 2.24) is 9.80 Å². The zero-order chi connectivity index (χ0) is 12.7. The lowest BCUT2D eigenvalue weighted by Gasteiger charge is -2.42. The number of likely N-dealkylation sites (tertiary alicyclic amines) is 1. The van der Waals surface area contributed by atoms with Gasteiger partial charge in [-0.25, -0.2) is 0 Å². The van der Waals surface area contributed by atoms with Crippen LogP contribution in [0.15, 0.2) is 23.0 Å². The Morgan fingerprint density at radius 3 is 2.72 bits per heavy atom. The summed E-state index contributed by atoms with van der Waals surface area (Å²) in [5.74, 6) is -0.0810. The third kappa shape index (κ3) is 1.71. The summed E-state index contributed by atoms with van der Waals surface area (Å²) in [5.41, 5.74) is 0.488. The number of hydrogen-bond donors (Lipinski definition) is 0. The van der Waals surface area contributed by atoms with Gasteiger partial charge in [-0.05, 0) is 6.07 Å². The van der Waals surface area contributed by atoms with E-state index in [0.717, 1.165) is 11.8 Å². The van der Waals surface area contributed by atoms with Gasteiger partial charge in [0.25, 0.3) is 11.1 Å². The topological polar surface area (TPSA) is 70.8 Å². The summed E-state index contributed by atoms with van der Waals surface area (Å²) in [6.45, 7) is 0.810. The van der Waals surface area contributed by atoms with Gasteiger partial charge >= 0.3 is 0 Å². The molecule has 0 radical (unpaired) electrons. The van der Waals surface area contributed by atoms with Crippen molar-refractivity contribution >= 4 is 28.8 Å². The molecule has 0 bridgehead atoms. The summed E-state index contributed by atoms with van der Waals surface area (Å²) in [5, 5.41) is -0.208. The Hall–Kier alpha value is -1.76. The molecular weight excluding hydrogens is 256 g/mol. The van der Waals surface area contributed by atoms with Crippen LogP contribution in [0.2, 0.25) is 0 Å². The highest BCUT2D eigenvalue weighted by molar-refractivity contribution is 8.14. The molecule has 1 aromatic rings. The van der Waals surface area contributed by atoms with Gasteiger partial charge in [-0.1, -0.05) is 11.8 Å². The van der Waals surface area contributed by atoms with E-state index in [1.165, 1.54) is 17.4 Å². The van der Waals surface area contributed by atoms with E-state index >= 15 is 0 Å². The predicted octanol–water partition coefficient (Wildman–Crippen LogP) is 0.799. The average Bonchev–Trinajstić information content (AvgIpc) is 2.90. The molecule has 3 rings (SSSR count). The van der Waals surface area contributed by atoms with Gasteiger partial charge in [-0.15, -0.1) is 0 Å². The van der Waals surface area contributed by atoms with Gasteiger partial charge < -0.3 is 9.32 Å². The molecule has 0 saturated carbocycles. The van der Waals surface area contributed by atoms with Crippen molar-refractivity contribution < 1.29 is 18.8 Å².